The molecule has 0 aliphatic carbocycles. The molecule has 3 aromatic heterocycles. The third kappa shape index (κ3) is 3.97. The van der Waals surface area contributed by atoms with Crippen LogP contribution in [-0.2, 0) is 14.8 Å². The normalized spacial score (nSPS) is 11.6. The van der Waals surface area contributed by atoms with Gasteiger partial charge in [0.05, 0.1) is 0 Å². The van der Waals surface area contributed by atoms with Crippen LogP contribution < -0.4 is 0 Å². The summed E-state index contributed by atoms with van der Waals surface area (Å²) in [6, 6.07) is 32.2. The molecule has 0 fully saturated rings. The minimum atomic E-state index is 0.597. The Morgan fingerprint density at radius 3 is 0.857 bits per heavy atom. The molecule has 2 N–H and O–H groups in total. The largest absolute Gasteiger partial charge is 0.324 e. The topological polar surface area (TPSA) is 109 Å². The zero-order valence-electron chi connectivity index (χ0n) is 22.0. The molecule has 0 atom stereocenters. The van der Waals surface area contributed by atoms with Crippen molar-refractivity contribution >= 4 is 63.9 Å². The van der Waals surface area contributed by atoms with E-state index in [2.05, 4.69) is 29.7 Å². The molecule has 8 nitrogen and oxygen atoms in total. The van der Waals surface area contributed by atoms with Gasteiger partial charge in [-0.1, -0.05) is 97.1 Å². The van der Waals surface area contributed by atoms with Crippen molar-refractivity contribution in [3.8, 4) is 45.6 Å². The summed E-state index contributed by atoms with van der Waals surface area (Å²) >= 11 is 3.62. The first-order valence-corrected chi connectivity index (χ1v) is 22.3. The maximum Gasteiger partial charge on any atom is 0.164 e. The zero-order chi connectivity index (χ0) is 28.2. The standard InChI is InChI=1S/C32H18N8.HI.Zn/c1-2-10-18-17(9-1)25-33-26(18)38-28-21-13-5-6-14-22(21)30(35-28)40-32-24-16-8-7-15-23(24)31(36-32)39-29-20-12-4-3-11-19(20)27(34-29)37-25;;/h1-16H,(H2,33,34,35,36,37,38,39,40);1H;/q;;+2/p-1. The monoisotopic (exact) mass is 705 g/mol. The molecule has 9 rings (SSSR count). The Morgan fingerprint density at radius 1 is 0.357 bits per heavy atom. The number of aromatic nitrogens is 8. The van der Waals surface area contributed by atoms with Gasteiger partial charge in [0.1, 0.15) is 22.6 Å². The van der Waals surface area contributed by atoms with Gasteiger partial charge in [-0.05, 0) is 0 Å². The fourth-order valence-electron chi connectivity index (χ4n) is 5.59. The smallest absolute Gasteiger partial charge is 0.164 e. The van der Waals surface area contributed by atoms with Gasteiger partial charge in [-0.2, -0.15) is 0 Å². The summed E-state index contributed by atoms with van der Waals surface area (Å²) in [5, 5.41) is 3.82. The Balaban J connectivity index is 0.00000131. The summed E-state index contributed by atoms with van der Waals surface area (Å²) in [7, 11) is 0. The van der Waals surface area contributed by atoms with Crippen LogP contribution in [-0.4, -0.2) is 39.9 Å². The average Bonchev–Trinajstić information content (AvgIpc) is 3.78. The number of aromatic amines is 2. The summed E-state index contributed by atoms with van der Waals surface area (Å²) in [5.41, 5.74) is 6.45. The SMILES string of the molecule is [Zn+][I].c1ccc2c(c1)-c1nc-2nc2[nH]c(nc3nc(nc4[nH]c(n1)c1ccccc41)-c1ccccc1-3)c1ccccc21. The van der Waals surface area contributed by atoms with Crippen molar-refractivity contribution in [2.24, 2.45) is 0 Å². The second kappa shape index (κ2) is 10.1. The van der Waals surface area contributed by atoms with Gasteiger partial charge >= 0.3 is 34.5 Å². The van der Waals surface area contributed by atoms with E-state index in [9.17, 15) is 0 Å². The Labute approximate surface area is 259 Å². The first-order valence-electron chi connectivity index (χ1n) is 13.3. The molecule has 0 unspecified atom stereocenters. The van der Waals surface area contributed by atoms with Gasteiger partial charge in [0, 0.05) is 43.8 Å². The molecule has 5 heterocycles. The summed E-state index contributed by atoms with van der Waals surface area (Å²) in [6.45, 7) is 0. The van der Waals surface area contributed by atoms with Crippen molar-refractivity contribution in [2.45, 2.75) is 0 Å². The Kier molecular flexibility index (Phi) is 6.12. The minimum Gasteiger partial charge on any atom is -0.324 e. The van der Waals surface area contributed by atoms with Gasteiger partial charge in [-0.15, -0.1) is 0 Å². The van der Waals surface area contributed by atoms with E-state index >= 15 is 0 Å². The van der Waals surface area contributed by atoms with Crippen LogP contribution in [0, 0.1) is 0 Å². The van der Waals surface area contributed by atoms with Crippen molar-refractivity contribution in [3.05, 3.63) is 97.1 Å². The van der Waals surface area contributed by atoms with Crippen LogP contribution in [0.2, 0.25) is 0 Å². The van der Waals surface area contributed by atoms with Gasteiger partial charge in [0.2, 0.25) is 0 Å². The molecule has 7 aromatic rings. The molecule has 0 amide bonds. The molecule has 0 saturated heterocycles. The second-order valence-electron chi connectivity index (χ2n) is 9.79. The van der Waals surface area contributed by atoms with E-state index in [1.54, 1.807) is 0 Å². The summed E-state index contributed by atoms with van der Waals surface area (Å²) in [6.07, 6.45) is 0. The van der Waals surface area contributed by atoms with Gasteiger partial charge in [0.25, 0.3) is 0 Å². The average molecular weight is 707 g/mol. The van der Waals surface area contributed by atoms with Crippen LogP contribution in [0.15, 0.2) is 97.1 Å². The number of rotatable bonds is 0. The summed E-state index contributed by atoms with van der Waals surface area (Å²) in [5.74, 6) is 2.39. The molecule has 8 bridgehead atoms. The van der Waals surface area contributed by atoms with Crippen molar-refractivity contribution < 1.29 is 14.8 Å². The molecule has 2 aliphatic heterocycles. The third-order valence-corrected chi connectivity index (χ3v) is 7.46. The predicted molar refractivity (Wildman–Crippen MR) is 170 cm³/mol. The quantitative estimate of drug-likeness (QED) is 0.123. The van der Waals surface area contributed by atoms with Crippen LogP contribution >= 0.6 is 19.8 Å². The minimum absolute atomic E-state index is 0.597. The van der Waals surface area contributed by atoms with E-state index in [1.807, 2.05) is 97.1 Å². The van der Waals surface area contributed by atoms with Gasteiger partial charge in [-0.25, -0.2) is 29.9 Å². The van der Waals surface area contributed by atoms with Crippen molar-refractivity contribution in [1.29, 1.82) is 0 Å². The fraction of sp³-hybridized carbons (Fsp3) is 0. The molecule has 0 saturated carbocycles. The van der Waals surface area contributed by atoms with Gasteiger partial charge in [0.15, 0.2) is 23.3 Å². The van der Waals surface area contributed by atoms with Crippen LogP contribution in [0.25, 0.3) is 89.7 Å². The molecule has 10 heteroatoms. The summed E-state index contributed by atoms with van der Waals surface area (Å²) < 4.78 is 0. The van der Waals surface area contributed by atoms with Crippen molar-refractivity contribution in [2.75, 3.05) is 0 Å². The van der Waals surface area contributed by atoms with E-state index in [0.29, 0.717) is 45.9 Å². The van der Waals surface area contributed by atoms with E-state index in [0.717, 1.165) is 43.8 Å². The maximum atomic E-state index is 5.02. The number of hydrogen-bond acceptors (Lipinski definition) is 6. The molecule has 2 aliphatic rings. The fourth-order valence-corrected chi connectivity index (χ4v) is 5.59. The number of fused-ring (bicyclic) bond motifs is 20. The molecule has 0 radical (unpaired) electrons. The van der Waals surface area contributed by atoms with Crippen molar-refractivity contribution in [1.82, 2.24) is 39.9 Å². The Morgan fingerprint density at radius 2 is 0.595 bits per heavy atom. The Bertz CT molecular complexity index is 2040. The molecule has 194 valence electrons. The second-order valence-corrected chi connectivity index (χ2v) is 9.79. The van der Waals surface area contributed by atoms with Gasteiger partial charge < -0.3 is 9.97 Å². The number of nitrogens with one attached hydrogen (secondary N) is 2. The van der Waals surface area contributed by atoms with E-state index < -0.39 is 0 Å². The molecule has 0 spiro atoms. The number of halogens is 1. The Hall–Kier alpha value is -4.41. The van der Waals surface area contributed by atoms with Crippen LogP contribution in [0.3, 0.4) is 0 Å². The van der Waals surface area contributed by atoms with Crippen LogP contribution in [0.5, 0.6) is 0 Å². The maximum absolute atomic E-state index is 5.02. The summed E-state index contributed by atoms with van der Waals surface area (Å²) in [4.78, 5) is 36.8. The van der Waals surface area contributed by atoms with Crippen LogP contribution in [0.1, 0.15) is 0 Å². The molecular weight excluding hydrogens is 689 g/mol. The molecular formula is C32H18IN8Zn+. The first kappa shape index (κ1) is 25.3. The number of benzene rings is 4. The first-order chi connectivity index (χ1) is 20.8. The number of hydrogen-bond donors (Lipinski definition) is 2. The molecule has 4 aromatic carbocycles. The third-order valence-electron chi connectivity index (χ3n) is 7.46. The van der Waals surface area contributed by atoms with Crippen LogP contribution in [0.4, 0.5) is 0 Å². The molecule has 42 heavy (non-hydrogen) atoms. The predicted octanol–water partition coefficient (Wildman–Crippen LogP) is 7.75. The van der Waals surface area contributed by atoms with E-state index in [-0.39, 0.29) is 0 Å². The van der Waals surface area contributed by atoms with E-state index in [4.69, 9.17) is 29.9 Å². The van der Waals surface area contributed by atoms with Gasteiger partial charge in [-0.3, -0.25) is 0 Å². The number of H-pyrrole nitrogens is 2. The van der Waals surface area contributed by atoms with E-state index in [1.165, 1.54) is 14.8 Å². The van der Waals surface area contributed by atoms with Crippen molar-refractivity contribution in [3.63, 3.8) is 0 Å². The number of nitrogens with zero attached hydrogens (tertiary/aromatic N) is 6. The zero-order valence-corrected chi connectivity index (χ0v) is 27.1.